The molecule has 302 valence electrons. The summed E-state index contributed by atoms with van der Waals surface area (Å²) in [7, 11) is 0. The summed E-state index contributed by atoms with van der Waals surface area (Å²) < 4.78 is 0. The molecule has 3 aliphatic carbocycles. The van der Waals surface area contributed by atoms with Crippen LogP contribution in [0.1, 0.15) is 203 Å². The van der Waals surface area contributed by atoms with Gasteiger partial charge in [-0.05, 0) is 146 Å². The van der Waals surface area contributed by atoms with Crippen LogP contribution in [0.15, 0.2) is 48.1 Å². The van der Waals surface area contributed by atoms with Gasteiger partial charge in [-0.1, -0.05) is 175 Å². The Bertz CT molecular complexity index is 1230. The van der Waals surface area contributed by atoms with E-state index >= 15 is 0 Å². The molecule has 10 atom stereocenters. The second-order valence-corrected chi connectivity index (χ2v) is 21.2. The molecule has 53 heavy (non-hydrogen) atoms. The van der Waals surface area contributed by atoms with Crippen LogP contribution < -0.4 is 0 Å². The average molecular weight is 729 g/mol. The zero-order valence-electron chi connectivity index (χ0n) is 36.9. The first-order chi connectivity index (χ1) is 25.2. The number of benzene rings is 1. The van der Waals surface area contributed by atoms with Crippen molar-refractivity contribution < 1.29 is 5.11 Å². The molecule has 0 aromatic heterocycles. The number of hydrogen-bond acceptors (Lipinski definition) is 1. The second-order valence-electron chi connectivity index (χ2n) is 21.2. The van der Waals surface area contributed by atoms with E-state index in [2.05, 4.69) is 105 Å². The first-order valence-corrected chi connectivity index (χ1v) is 23.3. The van der Waals surface area contributed by atoms with Crippen molar-refractivity contribution in [2.75, 3.05) is 0 Å². The third-order valence-corrected chi connectivity index (χ3v) is 15.1. The van der Waals surface area contributed by atoms with Gasteiger partial charge in [0.25, 0.3) is 0 Å². The molecular formula is C52H88O. The van der Waals surface area contributed by atoms with Gasteiger partial charge in [0.05, 0.1) is 6.10 Å². The summed E-state index contributed by atoms with van der Waals surface area (Å²) in [6.07, 6.45) is 32.4. The second kappa shape index (κ2) is 21.3. The highest BCUT2D eigenvalue weighted by Gasteiger charge is 2.52. The van der Waals surface area contributed by atoms with Crippen molar-refractivity contribution in [3.63, 3.8) is 0 Å². The van der Waals surface area contributed by atoms with Gasteiger partial charge < -0.3 is 5.11 Å². The van der Waals surface area contributed by atoms with Crippen LogP contribution >= 0.6 is 0 Å². The molecule has 2 saturated carbocycles. The predicted molar refractivity (Wildman–Crippen MR) is 234 cm³/mol. The molecule has 0 amide bonds. The minimum absolute atomic E-state index is 0.143. The van der Waals surface area contributed by atoms with Gasteiger partial charge in [-0.25, -0.2) is 0 Å². The van der Waals surface area contributed by atoms with Gasteiger partial charge in [0.2, 0.25) is 0 Å². The summed E-state index contributed by atoms with van der Waals surface area (Å²) >= 11 is 0. The first kappa shape index (κ1) is 44.4. The topological polar surface area (TPSA) is 20.2 Å². The van der Waals surface area contributed by atoms with Crippen LogP contribution in [0.2, 0.25) is 0 Å². The minimum atomic E-state index is -0.143. The van der Waals surface area contributed by atoms with Crippen LogP contribution in [-0.4, -0.2) is 11.2 Å². The molecule has 1 nitrogen and oxygen atoms in total. The fraction of sp³-hybridized carbons (Fsp3) is 0.808. The maximum absolute atomic E-state index is 10.1. The van der Waals surface area contributed by atoms with Crippen LogP contribution in [0.3, 0.4) is 0 Å². The van der Waals surface area contributed by atoms with E-state index in [1.165, 1.54) is 140 Å². The number of aliphatic hydroxyl groups is 1. The summed E-state index contributed by atoms with van der Waals surface area (Å²) in [5.41, 5.74) is 5.29. The highest BCUT2D eigenvalue weighted by molar-refractivity contribution is 5.72. The smallest absolute Gasteiger partial charge is 0.0568 e. The molecule has 2 fully saturated rings. The number of aliphatic hydroxyl groups excluding tert-OH is 1. The van der Waals surface area contributed by atoms with E-state index in [-0.39, 0.29) is 11.5 Å². The Morgan fingerprint density at radius 2 is 1.43 bits per heavy atom. The van der Waals surface area contributed by atoms with E-state index in [0.717, 1.165) is 53.3 Å². The lowest BCUT2D eigenvalue weighted by atomic mass is 9.69. The maximum atomic E-state index is 10.1. The molecule has 0 saturated heterocycles. The summed E-state index contributed by atoms with van der Waals surface area (Å²) in [4.78, 5) is 0. The normalized spacial score (nSPS) is 27.4. The van der Waals surface area contributed by atoms with Crippen LogP contribution in [0.5, 0.6) is 0 Å². The fourth-order valence-corrected chi connectivity index (χ4v) is 11.6. The van der Waals surface area contributed by atoms with Gasteiger partial charge in [-0.2, -0.15) is 0 Å². The number of rotatable bonds is 25. The summed E-state index contributed by atoms with van der Waals surface area (Å²) in [5, 5.41) is 10.1. The fourth-order valence-electron chi connectivity index (χ4n) is 11.6. The van der Waals surface area contributed by atoms with Crippen LogP contribution in [0.25, 0.3) is 5.57 Å². The van der Waals surface area contributed by atoms with Gasteiger partial charge >= 0.3 is 0 Å². The molecule has 1 aromatic rings. The van der Waals surface area contributed by atoms with Crippen molar-refractivity contribution >= 4 is 5.57 Å². The largest absolute Gasteiger partial charge is 0.393 e. The van der Waals surface area contributed by atoms with Gasteiger partial charge in [-0.15, -0.1) is 0 Å². The Kier molecular flexibility index (Phi) is 17.8. The average Bonchev–Trinajstić information content (AvgIpc) is 3.41. The van der Waals surface area contributed by atoms with E-state index in [0.29, 0.717) is 5.41 Å². The Balaban J connectivity index is 1.33. The number of hydrogen-bond donors (Lipinski definition) is 1. The molecule has 3 aliphatic rings. The molecule has 1 heteroatoms. The third kappa shape index (κ3) is 14.0. The van der Waals surface area contributed by atoms with Gasteiger partial charge in [0, 0.05) is 0 Å². The third-order valence-electron chi connectivity index (χ3n) is 15.1. The minimum Gasteiger partial charge on any atom is -0.393 e. The van der Waals surface area contributed by atoms with Crippen LogP contribution in [0, 0.1) is 64.1 Å². The van der Waals surface area contributed by atoms with Crippen LogP contribution in [0.4, 0.5) is 0 Å². The molecular weight excluding hydrogens is 641 g/mol. The number of allylic oxidation sites excluding steroid dienone is 4. The standard InChI is InChI=1S/C52H88O/c1-11-12-13-18-25-44(47-31-30-46(35-47)43-23-20-17-21-24-43)29-28-42-33-49(38(2)3)50(34-42)40(5)45(32-39(4)36-51(7,8)9)26-19-15-14-16-22-27-48-37-52(48,10)41(6)53/h17,20-21,23-24,30-31,38-42,44-45,48-50,53H,11-16,18-19,22,25-29,32-37H2,1-10H3/t39-,40+,41+,42-,44+,45?,48?,49?,50?,52-/m0/s1. The lowest BCUT2D eigenvalue weighted by Gasteiger charge is -2.36. The van der Waals surface area contributed by atoms with Gasteiger partial charge in [-0.3, -0.25) is 0 Å². The molecule has 1 aromatic carbocycles. The molecule has 0 bridgehead atoms. The van der Waals surface area contributed by atoms with Gasteiger partial charge in [0.1, 0.15) is 0 Å². The highest BCUT2D eigenvalue weighted by atomic mass is 16.3. The summed E-state index contributed by atoms with van der Waals surface area (Å²) in [6.45, 7) is 24.3. The monoisotopic (exact) mass is 729 g/mol. The Hall–Kier alpha value is -1.34. The van der Waals surface area contributed by atoms with Crippen molar-refractivity contribution in [2.24, 2.45) is 64.1 Å². The molecule has 1 N–H and O–H groups in total. The Morgan fingerprint density at radius 3 is 2.09 bits per heavy atom. The molecule has 0 radical (unpaired) electrons. The molecule has 4 unspecified atom stereocenters. The summed E-state index contributed by atoms with van der Waals surface area (Å²) in [6, 6.07) is 11.1. The maximum Gasteiger partial charge on any atom is 0.0568 e. The Morgan fingerprint density at radius 1 is 0.774 bits per heavy atom. The Labute approximate surface area is 331 Å². The lowest BCUT2D eigenvalue weighted by molar-refractivity contribution is 0.110. The van der Waals surface area contributed by atoms with Gasteiger partial charge in [0.15, 0.2) is 0 Å². The van der Waals surface area contributed by atoms with E-state index in [9.17, 15) is 5.11 Å². The molecule has 0 aliphatic heterocycles. The first-order valence-electron chi connectivity index (χ1n) is 23.3. The van der Waals surface area contributed by atoms with E-state index in [4.69, 9.17) is 0 Å². The van der Waals surface area contributed by atoms with E-state index < -0.39 is 0 Å². The summed E-state index contributed by atoms with van der Waals surface area (Å²) in [5.74, 6) is 7.53. The molecule has 4 rings (SSSR count). The van der Waals surface area contributed by atoms with E-state index in [1.54, 1.807) is 5.57 Å². The zero-order chi connectivity index (χ0) is 38.6. The van der Waals surface area contributed by atoms with Crippen molar-refractivity contribution in [1.29, 1.82) is 0 Å². The molecule has 0 spiro atoms. The molecule has 0 heterocycles. The SMILES string of the molecule is CCCCCC[C@H](CC[C@H]1CC(C(C)C)C([C@H](C)C(CCCCCCCC2C[C@@]2(C)[C@@H](C)O)C[C@H](C)CC(C)(C)C)C1)C1=CC=C(c2ccccc2)C1. The van der Waals surface area contributed by atoms with Crippen molar-refractivity contribution in [3.05, 3.63) is 53.6 Å². The lowest BCUT2D eigenvalue weighted by Crippen LogP contribution is -2.28. The quantitative estimate of drug-likeness (QED) is 0.0994. The number of unbranched alkanes of at least 4 members (excludes halogenated alkanes) is 7. The predicted octanol–water partition coefficient (Wildman–Crippen LogP) is 15.9. The van der Waals surface area contributed by atoms with Crippen LogP contribution in [-0.2, 0) is 0 Å². The highest BCUT2D eigenvalue weighted by Crippen LogP contribution is 2.57. The van der Waals surface area contributed by atoms with Crippen molar-refractivity contribution in [2.45, 2.75) is 204 Å². The van der Waals surface area contributed by atoms with Crippen molar-refractivity contribution in [1.82, 2.24) is 0 Å². The van der Waals surface area contributed by atoms with Crippen molar-refractivity contribution in [3.8, 4) is 0 Å². The zero-order valence-corrected chi connectivity index (χ0v) is 36.9. The van der Waals surface area contributed by atoms with E-state index in [1.807, 2.05) is 6.92 Å².